The lowest BCUT2D eigenvalue weighted by Gasteiger charge is -1.98. The molecule has 2 aromatic carbocycles. The zero-order chi connectivity index (χ0) is 17.4. The Morgan fingerprint density at radius 3 is 2.56 bits per heavy atom. The highest BCUT2D eigenvalue weighted by atomic mass is 16.3. The van der Waals surface area contributed by atoms with Crippen LogP contribution in [-0.4, -0.2) is 26.0 Å². The first-order chi connectivity index (χ1) is 12.1. The van der Waals surface area contributed by atoms with E-state index in [1.165, 1.54) is 0 Å². The van der Waals surface area contributed by atoms with Crippen molar-refractivity contribution in [3.8, 4) is 5.88 Å². The van der Waals surface area contributed by atoms with Crippen LogP contribution in [0.3, 0.4) is 0 Å². The van der Waals surface area contributed by atoms with Gasteiger partial charge >= 0.3 is 5.91 Å². The maximum atomic E-state index is 12.2. The Morgan fingerprint density at radius 1 is 1.00 bits per heavy atom. The fourth-order valence-corrected chi connectivity index (χ4v) is 2.54. The first-order valence-corrected chi connectivity index (χ1v) is 7.38. The molecule has 2 aromatic heterocycles. The average molecular weight is 333 g/mol. The smallest absolute Gasteiger partial charge is 0.331 e. The minimum absolute atomic E-state index is 0.145. The van der Waals surface area contributed by atoms with Crippen molar-refractivity contribution < 1.29 is 9.90 Å². The van der Waals surface area contributed by atoms with Crippen LogP contribution < -0.4 is 5.56 Å². The van der Waals surface area contributed by atoms with Gasteiger partial charge < -0.3 is 15.1 Å². The number of nitrogens with one attached hydrogen (secondary N) is 2. The van der Waals surface area contributed by atoms with Gasteiger partial charge in [-0.2, -0.15) is 0 Å². The minimum Gasteiger partial charge on any atom is -0.493 e. The topological polar surface area (TPSA) is 124 Å². The van der Waals surface area contributed by atoms with Gasteiger partial charge in [0.25, 0.3) is 5.56 Å². The first kappa shape index (κ1) is 14.8. The second-order valence-electron chi connectivity index (χ2n) is 5.30. The van der Waals surface area contributed by atoms with Gasteiger partial charge in [-0.05, 0) is 18.2 Å². The summed E-state index contributed by atoms with van der Waals surface area (Å²) in [7, 11) is 0. The molecule has 122 valence electrons. The SMILES string of the molecule is O=C(N=Nc1c(O)[nH]c2ccccc12)c1nc2ccccc2c(=O)[nH]1. The van der Waals surface area contributed by atoms with Gasteiger partial charge in [-0.1, -0.05) is 30.3 Å². The minimum atomic E-state index is -0.812. The Morgan fingerprint density at radius 2 is 1.72 bits per heavy atom. The molecule has 0 fully saturated rings. The summed E-state index contributed by atoms with van der Waals surface area (Å²) in [6, 6.07) is 13.7. The molecule has 0 aliphatic rings. The number of rotatable bonds is 2. The van der Waals surface area contributed by atoms with Gasteiger partial charge in [0.15, 0.2) is 5.69 Å². The molecule has 3 N–H and O–H groups in total. The molecule has 4 rings (SSSR count). The normalized spacial score (nSPS) is 11.5. The Balaban J connectivity index is 1.73. The van der Waals surface area contributed by atoms with E-state index in [0.717, 1.165) is 0 Å². The molecular weight excluding hydrogens is 322 g/mol. The van der Waals surface area contributed by atoms with Crippen molar-refractivity contribution in [2.45, 2.75) is 0 Å². The van der Waals surface area contributed by atoms with E-state index >= 15 is 0 Å². The van der Waals surface area contributed by atoms with Crippen molar-refractivity contribution in [2.24, 2.45) is 10.2 Å². The summed E-state index contributed by atoms with van der Waals surface area (Å²) < 4.78 is 0. The molecule has 0 spiro atoms. The summed E-state index contributed by atoms with van der Waals surface area (Å²) in [6.45, 7) is 0. The van der Waals surface area contributed by atoms with E-state index in [0.29, 0.717) is 21.8 Å². The van der Waals surface area contributed by atoms with E-state index in [9.17, 15) is 14.7 Å². The van der Waals surface area contributed by atoms with E-state index < -0.39 is 11.5 Å². The number of carbonyl (C=O) groups is 1. The highest BCUT2D eigenvalue weighted by Crippen LogP contribution is 2.35. The molecule has 0 saturated heterocycles. The third-order valence-corrected chi connectivity index (χ3v) is 3.72. The van der Waals surface area contributed by atoms with Gasteiger partial charge in [-0.15, -0.1) is 10.2 Å². The molecule has 2 heterocycles. The Hall–Kier alpha value is -3.81. The van der Waals surface area contributed by atoms with Crippen LogP contribution >= 0.6 is 0 Å². The van der Waals surface area contributed by atoms with E-state index in [4.69, 9.17) is 0 Å². The van der Waals surface area contributed by atoms with Crippen molar-refractivity contribution in [1.82, 2.24) is 15.0 Å². The van der Waals surface area contributed by atoms with Gasteiger partial charge in [-0.25, -0.2) is 4.98 Å². The quantitative estimate of drug-likeness (QED) is 0.488. The van der Waals surface area contributed by atoms with Crippen LogP contribution in [0.2, 0.25) is 0 Å². The second-order valence-corrected chi connectivity index (χ2v) is 5.30. The Labute approximate surface area is 139 Å². The lowest BCUT2D eigenvalue weighted by Crippen LogP contribution is -2.14. The molecule has 0 radical (unpaired) electrons. The van der Waals surface area contributed by atoms with Gasteiger partial charge in [-0.3, -0.25) is 9.59 Å². The maximum Gasteiger partial charge on any atom is 0.331 e. The predicted molar refractivity (Wildman–Crippen MR) is 91.2 cm³/mol. The van der Waals surface area contributed by atoms with Crippen LogP contribution in [0.15, 0.2) is 63.6 Å². The zero-order valence-electron chi connectivity index (χ0n) is 12.7. The number of nitrogens with zero attached hydrogens (tertiary/aromatic N) is 3. The van der Waals surface area contributed by atoms with E-state index in [2.05, 4.69) is 25.2 Å². The van der Waals surface area contributed by atoms with Crippen LogP contribution in [0.4, 0.5) is 5.69 Å². The molecule has 8 heteroatoms. The average Bonchev–Trinajstić information content (AvgIpc) is 2.95. The third-order valence-electron chi connectivity index (χ3n) is 3.72. The number of aromatic hydroxyl groups is 1. The number of aromatic nitrogens is 3. The van der Waals surface area contributed by atoms with Crippen LogP contribution in [0, 0.1) is 0 Å². The number of carbonyl (C=O) groups excluding carboxylic acids is 1. The van der Waals surface area contributed by atoms with Crippen LogP contribution in [0.5, 0.6) is 5.88 Å². The van der Waals surface area contributed by atoms with Gasteiger partial charge in [0.1, 0.15) is 0 Å². The summed E-state index contributed by atoms with van der Waals surface area (Å²) in [4.78, 5) is 33.4. The number of fused-ring (bicyclic) bond motifs is 2. The molecule has 0 aliphatic carbocycles. The number of para-hydroxylation sites is 2. The summed E-state index contributed by atoms with van der Waals surface area (Å²) in [5, 5.41) is 18.3. The molecule has 0 saturated carbocycles. The monoisotopic (exact) mass is 333 g/mol. The van der Waals surface area contributed by atoms with Crippen LogP contribution in [-0.2, 0) is 0 Å². The molecule has 0 unspecified atom stereocenters. The molecule has 0 bridgehead atoms. The molecular formula is C17H11N5O3. The van der Waals surface area contributed by atoms with E-state index in [1.807, 2.05) is 0 Å². The molecule has 4 aromatic rings. The lowest BCUT2D eigenvalue weighted by molar-refractivity contribution is 0.0985. The number of amides is 1. The number of hydrogen-bond acceptors (Lipinski definition) is 5. The first-order valence-electron chi connectivity index (χ1n) is 7.38. The van der Waals surface area contributed by atoms with E-state index in [-0.39, 0.29) is 17.4 Å². The number of azo groups is 1. The lowest BCUT2D eigenvalue weighted by atomic mass is 10.2. The van der Waals surface area contributed by atoms with Crippen molar-refractivity contribution >= 4 is 33.4 Å². The molecule has 8 nitrogen and oxygen atoms in total. The van der Waals surface area contributed by atoms with Crippen LogP contribution in [0.1, 0.15) is 10.6 Å². The molecule has 0 atom stereocenters. The predicted octanol–water partition coefficient (Wildman–Crippen LogP) is 3.03. The number of benzene rings is 2. The Bertz CT molecular complexity index is 1210. The molecule has 0 aliphatic heterocycles. The molecule has 1 amide bonds. The second kappa shape index (κ2) is 5.68. The molecule has 25 heavy (non-hydrogen) atoms. The summed E-state index contributed by atoms with van der Waals surface area (Å²) in [6.07, 6.45) is 0. The summed E-state index contributed by atoms with van der Waals surface area (Å²) >= 11 is 0. The van der Waals surface area contributed by atoms with Crippen molar-refractivity contribution in [1.29, 1.82) is 0 Å². The van der Waals surface area contributed by atoms with E-state index in [1.54, 1.807) is 48.5 Å². The highest BCUT2D eigenvalue weighted by molar-refractivity contribution is 5.96. The number of aromatic amines is 2. The fraction of sp³-hybridized carbons (Fsp3) is 0. The van der Waals surface area contributed by atoms with Crippen molar-refractivity contribution in [3.05, 3.63) is 64.7 Å². The standard InChI is InChI=1S/C17H11N5O3/c23-15-10-6-2-4-8-12(10)18-14(20-15)17(25)22-21-13-9-5-1-3-7-11(9)19-16(13)24/h1-8,19,24H,(H,18,20,23). The largest absolute Gasteiger partial charge is 0.493 e. The van der Waals surface area contributed by atoms with Crippen molar-refractivity contribution in [2.75, 3.05) is 0 Å². The fourth-order valence-electron chi connectivity index (χ4n) is 2.54. The third kappa shape index (κ3) is 2.55. The van der Waals surface area contributed by atoms with Gasteiger partial charge in [0.2, 0.25) is 11.7 Å². The Kier molecular flexibility index (Phi) is 3.35. The summed E-state index contributed by atoms with van der Waals surface area (Å²) in [5.41, 5.74) is 0.768. The zero-order valence-corrected chi connectivity index (χ0v) is 12.7. The maximum absolute atomic E-state index is 12.2. The van der Waals surface area contributed by atoms with Crippen LogP contribution in [0.25, 0.3) is 21.8 Å². The number of H-pyrrole nitrogens is 2. The summed E-state index contributed by atoms with van der Waals surface area (Å²) in [5.74, 6) is -1.22. The van der Waals surface area contributed by atoms with Crippen molar-refractivity contribution in [3.63, 3.8) is 0 Å². The highest BCUT2D eigenvalue weighted by Gasteiger charge is 2.13. The number of hydrogen-bond donors (Lipinski definition) is 3. The van der Waals surface area contributed by atoms with Gasteiger partial charge in [0, 0.05) is 5.39 Å². The van der Waals surface area contributed by atoms with Gasteiger partial charge in [0.05, 0.1) is 16.4 Å².